The van der Waals surface area contributed by atoms with Crippen LogP contribution in [0.25, 0.3) is 0 Å². The van der Waals surface area contributed by atoms with Crippen molar-refractivity contribution in [1.29, 1.82) is 0 Å². The van der Waals surface area contributed by atoms with Crippen LogP contribution in [-0.2, 0) is 4.79 Å². The lowest BCUT2D eigenvalue weighted by molar-refractivity contribution is -0.127. The molecule has 0 saturated heterocycles. The third-order valence-electron chi connectivity index (χ3n) is 3.05. The Morgan fingerprint density at radius 1 is 1.12 bits per heavy atom. The molecule has 0 bridgehead atoms. The van der Waals surface area contributed by atoms with Crippen LogP contribution in [-0.4, -0.2) is 23.2 Å². The molecule has 0 unspecified atom stereocenters. The Bertz CT molecular complexity index is 212. The topological polar surface area (TPSA) is 49.3 Å². The van der Waals surface area contributed by atoms with E-state index in [4.69, 9.17) is 0 Å². The number of hydrogen-bond donors (Lipinski definition) is 2. The van der Waals surface area contributed by atoms with Crippen LogP contribution in [0.1, 0.15) is 48.0 Å². The van der Waals surface area contributed by atoms with Crippen molar-refractivity contribution in [2.45, 2.75) is 60.1 Å². The van der Waals surface area contributed by atoms with E-state index in [1.165, 1.54) is 0 Å². The maximum Gasteiger partial charge on any atom is 0.223 e. The molecular weight excluding hydrogens is 202 g/mol. The number of aliphatic hydroxyl groups is 1. The van der Waals surface area contributed by atoms with E-state index < -0.39 is 6.10 Å². The molecule has 2 N–H and O–H groups in total. The molecule has 0 saturated carbocycles. The molecule has 0 aliphatic heterocycles. The monoisotopic (exact) mass is 229 g/mol. The molecule has 0 aromatic carbocycles. The average Bonchev–Trinajstić information content (AvgIpc) is 2.14. The smallest absolute Gasteiger partial charge is 0.223 e. The minimum absolute atomic E-state index is 0.00610. The van der Waals surface area contributed by atoms with Crippen LogP contribution < -0.4 is 5.32 Å². The number of hydrogen-bond acceptors (Lipinski definition) is 2. The lowest BCUT2D eigenvalue weighted by Gasteiger charge is -2.26. The highest BCUT2D eigenvalue weighted by atomic mass is 16.3. The minimum Gasteiger partial charge on any atom is -0.391 e. The second kappa shape index (κ2) is 6.89. The predicted molar refractivity (Wildman–Crippen MR) is 67.1 cm³/mol. The highest BCUT2D eigenvalue weighted by Gasteiger charge is 2.23. The first-order chi connectivity index (χ1) is 7.25. The van der Waals surface area contributed by atoms with Gasteiger partial charge in [0.25, 0.3) is 0 Å². The summed E-state index contributed by atoms with van der Waals surface area (Å²) in [6.45, 7) is 11.9. The molecule has 3 nitrogen and oxygen atoms in total. The maximum absolute atomic E-state index is 11.9. The summed E-state index contributed by atoms with van der Waals surface area (Å²) in [4.78, 5) is 11.9. The zero-order chi connectivity index (χ0) is 12.9. The van der Waals surface area contributed by atoms with E-state index in [0.717, 1.165) is 6.42 Å². The Morgan fingerprint density at radius 3 is 1.94 bits per heavy atom. The molecule has 0 heterocycles. The number of nitrogens with one attached hydrogen (secondary N) is 1. The lowest BCUT2D eigenvalue weighted by Crippen LogP contribution is -2.45. The van der Waals surface area contributed by atoms with Gasteiger partial charge in [-0.15, -0.1) is 0 Å². The van der Waals surface area contributed by atoms with Crippen molar-refractivity contribution < 1.29 is 9.90 Å². The maximum atomic E-state index is 11.9. The van der Waals surface area contributed by atoms with Gasteiger partial charge >= 0.3 is 0 Å². The molecule has 0 fully saturated rings. The highest BCUT2D eigenvalue weighted by Crippen LogP contribution is 2.13. The van der Waals surface area contributed by atoms with E-state index in [9.17, 15) is 9.90 Å². The van der Waals surface area contributed by atoms with Crippen LogP contribution in [0.2, 0.25) is 0 Å². The van der Waals surface area contributed by atoms with Crippen LogP contribution >= 0.6 is 0 Å². The Kier molecular flexibility index (Phi) is 6.65. The fourth-order valence-electron chi connectivity index (χ4n) is 1.50. The standard InChI is InChI=1S/C13H27NO2/c1-8(2)7-12(11(6)15)14-13(16)10(5)9(3)4/h8-12,15H,7H2,1-6H3,(H,14,16)/t10-,11-,12+/m0/s1. The molecule has 0 radical (unpaired) electrons. The van der Waals surface area contributed by atoms with Gasteiger partial charge in [-0.05, 0) is 25.2 Å². The fourth-order valence-corrected chi connectivity index (χ4v) is 1.50. The zero-order valence-electron chi connectivity index (χ0n) is 11.4. The molecule has 0 spiro atoms. The molecule has 96 valence electrons. The highest BCUT2D eigenvalue weighted by molar-refractivity contribution is 5.78. The number of aliphatic hydroxyl groups excluding tert-OH is 1. The van der Waals surface area contributed by atoms with Crippen molar-refractivity contribution in [3.05, 3.63) is 0 Å². The summed E-state index contributed by atoms with van der Waals surface area (Å²) in [5, 5.41) is 12.6. The number of carbonyl (C=O) groups excluding carboxylic acids is 1. The van der Waals surface area contributed by atoms with E-state index in [-0.39, 0.29) is 17.9 Å². The van der Waals surface area contributed by atoms with Crippen LogP contribution in [0.5, 0.6) is 0 Å². The summed E-state index contributed by atoms with van der Waals surface area (Å²) in [6.07, 6.45) is 0.319. The largest absolute Gasteiger partial charge is 0.391 e. The lowest BCUT2D eigenvalue weighted by atomic mass is 9.95. The van der Waals surface area contributed by atoms with Gasteiger partial charge in [0, 0.05) is 5.92 Å². The molecule has 3 atom stereocenters. The Hall–Kier alpha value is -0.570. The van der Waals surface area contributed by atoms with Gasteiger partial charge < -0.3 is 10.4 Å². The summed E-state index contributed by atoms with van der Waals surface area (Å²) >= 11 is 0. The average molecular weight is 229 g/mol. The van der Waals surface area contributed by atoms with Crippen LogP contribution in [0.3, 0.4) is 0 Å². The van der Waals surface area contributed by atoms with Crippen LogP contribution in [0.4, 0.5) is 0 Å². The zero-order valence-corrected chi connectivity index (χ0v) is 11.4. The Labute approximate surface area is 99.6 Å². The van der Waals surface area contributed by atoms with Gasteiger partial charge in [0.1, 0.15) is 0 Å². The van der Waals surface area contributed by atoms with Gasteiger partial charge in [-0.3, -0.25) is 4.79 Å². The fraction of sp³-hybridized carbons (Fsp3) is 0.923. The van der Waals surface area contributed by atoms with Crippen LogP contribution in [0, 0.1) is 17.8 Å². The Balaban J connectivity index is 4.34. The van der Waals surface area contributed by atoms with Crippen molar-refractivity contribution in [2.24, 2.45) is 17.8 Å². The predicted octanol–water partition coefficient (Wildman–Crippen LogP) is 2.19. The number of rotatable bonds is 6. The summed E-state index contributed by atoms with van der Waals surface area (Å²) in [5.74, 6) is 0.831. The van der Waals surface area contributed by atoms with E-state index in [2.05, 4.69) is 19.2 Å². The van der Waals surface area contributed by atoms with Crippen molar-refractivity contribution in [1.82, 2.24) is 5.32 Å². The molecule has 3 heteroatoms. The normalized spacial score (nSPS) is 17.3. The summed E-state index contributed by atoms with van der Waals surface area (Å²) in [6, 6.07) is -0.131. The summed E-state index contributed by atoms with van der Waals surface area (Å²) < 4.78 is 0. The van der Waals surface area contributed by atoms with Gasteiger partial charge in [0.05, 0.1) is 12.1 Å². The van der Waals surface area contributed by atoms with Gasteiger partial charge in [-0.1, -0.05) is 34.6 Å². The van der Waals surface area contributed by atoms with Gasteiger partial charge in [0.2, 0.25) is 5.91 Å². The van der Waals surface area contributed by atoms with Crippen molar-refractivity contribution in [2.75, 3.05) is 0 Å². The van der Waals surface area contributed by atoms with Gasteiger partial charge in [-0.2, -0.15) is 0 Å². The molecule has 0 aliphatic carbocycles. The van der Waals surface area contributed by atoms with Crippen molar-refractivity contribution in [3.8, 4) is 0 Å². The van der Waals surface area contributed by atoms with Crippen LogP contribution in [0.15, 0.2) is 0 Å². The minimum atomic E-state index is -0.495. The summed E-state index contributed by atoms with van der Waals surface area (Å²) in [7, 11) is 0. The SMILES string of the molecule is CC(C)C[C@@H](NC(=O)[C@@H](C)C(C)C)[C@H](C)O. The Morgan fingerprint density at radius 2 is 1.62 bits per heavy atom. The van der Waals surface area contributed by atoms with E-state index >= 15 is 0 Å². The van der Waals surface area contributed by atoms with E-state index in [1.807, 2.05) is 20.8 Å². The molecule has 0 aromatic heterocycles. The van der Waals surface area contributed by atoms with E-state index in [0.29, 0.717) is 11.8 Å². The molecule has 0 aliphatic rings. The molecule has 16 heavy (non-hydrogen) atoms. The number of amides is 1. The third-order valence-corrected chi connectivity index (χ3v) is 3.05. The van der Waals surface area contributed by atoms with Gasteiger partial charge in [-0.25, -0.2) is 0 Å². The summed E-state index contributed by atoms with van der Waals surface area (Å²) in [5.41, 5.74) is 0. The van der Waals surface area contributed by atoms with Crippen molar-refractivity contribution in [3.63, 3.8) is 0 Å². The second-order valence-corrected chi connectivity index (χ2v) is 5.52. The molecule has 1 amide bonds. The van der Waals surface area contributed by atoms with Crippen molar-refractivity contribution >= 4 is 5.91 Å². The first-order valence-corrected chi connectivity index (χ1v) is 6.24. The van der Waals surface area contributed by atoms with Gasteiger partial charge in [0.15, 0.2) is 0 Å². The third kappa shape index (κ3) is 5.50. The second-order valence-electron chi connectivity index (χ2n) is 5.52. The number of carbonyl (C=O) groups is 1. The molecular formula is C13H27NO2. The first-order valence-electron chi connectivity index (χ1n) is 6.24. The van der Waals surface area contributed by atoms with E-state index in [1.54, 1.807) is 6.92 Å². The molecule has 0 aromatic rings. The quantitative estimate of drug-likeness (QED) is 0.733. The first kappa shape index (κ1) is 15.4. The molecule has 0 rings (SSSR count).